The molecule has 2 nitrogen and oxygen atoms in total. The normalized spacial score (nSPS) is 9.71. The molecule has 0 bridgehead atoms. The van der Waals surface area contributed by atoms with Gasteiger partial charge in [0.1, 0.15) is 5.65 Å². The Morgan fingerprint density at radius 3 is 2.71 bits per heavy atom. The topological polar surface area (TPSA) is 17.8 Å². The second kappa shape index (κ2) is 4.80. The molecule has 0 atom stereocenters. The third-order valence-electron chi connectivity index (χ3n) is 2.08. The number of rotatable bonds is 1. The minimum atomic E-state index is 0.986. The van der Waals surface area contributed by atoms with E-state index in [4.69, 9.17) is 0 Å². The first-order chi connectivity index (χ1) is 6.81. The highest BCUT2D eigenvalue weighted by atomic mass is 15.0. The molecule has 0 N–H and O–H groups in total. The highest BCUT2D eigenvalue weighted by Gasteiger charge is 1.99. The second-order valence-corrected chi connectivity index (χ2v) is 3.03. The number of hydrogen-bond donors (Lipinski definition) is 0. The zero-order chi connectivity index (χ0) is 10.6. The van der Waals surface area contributed by atoms with Gasteiger partial charge in [-0.25, -0.2) is 4.98 Å². The summed E-state index contributed by atoms with van der Waals surface area (Å²) in [5.41, 5.74) is 2.31. The minimum Gasteiger partial charge on any atom is -0.333 e. The van der Waals surface area contributed by atoms with E-state index in [9.17, 15) is 0 Å². The molecule has 0 saturated carbocycles. The maximum Gasteiger partial charge on any atom is 0.139 e. The monoisotopic (exact) mass is 190 g/mol. The van der Waals surface area contributed by atoms with Gasteiger partial charge in [0, 0.05) is 24.3 Å². The Labute approximate surface area is 85.6 Å². The Morgan fingerprint density at radius 2 is 2.07 bits per heavy atom. The molecule has 0 fully saturated rings. The number of nitrogens with zero attached hydrogens (tertiary/aromatic N) is 2. The number of pyridine rings is 1. The van der Waals surface area contributed by atoms with E-state index in [1.807, 2.05) is 20.0 Å². The summed E-state index contributed by atoms with van der Waals surface area (Å²) in [6.45, 7) is 9.18. The Hall–Kier alpha value is -1.31. The van der Waals surface area contributed by atoms with Crippen molar-refractivity contribution in [2.45, 2.75) is 34.2 Å². The number of fused-ring (bicyclic) bond motifs is 1. The lowest BCUT2D eigenvalue weighted by Gasteiger charge is -1.98. The molecular weight excluding hydrogens is 172 g/mol. The average molecular weight is 190 g/mol. The molecule has 0 aliphatic carbocycles. The van der Waals surface area contributed by atoms with Crippen LogP contribution in [0.25, 0.3) is 11.0 Å². The lowest BCUT2D eigenvalue weighted by molar-refractivity contribution is 0.787. The van der Waals surface area contributed by atoms with Gasteiger partial charge in [-0.05, 0) is 31.5 Å². The van der Waals surface area contributed by atoms with E-state index < -0.39 is 0 Å². The Bertz CT molecular complexity index is 402. The van der Waals surface area contributed by atoms with E-state index in [0.717, 1.165) is 12.2 Å². The van der Waals surface area contributed by atoms with Crippen LogP contribution in [0.1, 0.15) is 26.3 Å². The molecule has 0 unspecified atom stereocenters. The third kappa shape index (κ3) is 1.95. The summed E-state index contributed by atoms with van der Waals surface area (Å²) in [5.74, 6) is 0. The molecule has 2 heterocycles. The summed E-state index contributed by atoms with van der Waals surface area (Å²) in [5, 5.41) is 1.23. The largest absolute Gasteiger partial charge is 0.333 e. The highest BCUT2D eigenvalue weighted by Crippen LogP contribution is 2.13. The van der Waals surface area contributed by atoms with Crippen molar-refractivity contribution < 1.29 is 0 Å². The lowest BCUT2D eigenvalue weighted by Crippen LogP contribution is -1.92. The van der Waals surface area contributed by atoms with Crippen LogP contribution in [0.15, 0.2) is 24.5 Å². The van der Waals surface area contributed by atoms with Crippen LogP contribution in [0.5, 0.6) is 0 Å². The summed E-state index contributed by atoms with van der Waals surface area (Å²) >= 11 is 0. The lowest BCUT2D eigenvalue weighted by atomic mass is 10.2. The van der Waals surface area contributed by atoms with Gasteiger partial charge in [0.05, 0.1) is 0 Å². The van der Waals surface area contributed by atoms with E-state index in [-0.39, 0.29) is 0 Å². The van der Waals surface area contributed by atoms with Crippen molar-refractivity contribution in [2.24, 2.45) is 0 Å². The van der Waals surface area contributed by atoms with Crippen LogP contribution in [0, 0.1) is 6.92 Å². The van der Waals surface area contributed by atoms with E-state index in [1.54, 1.807) is 0 Å². The summed E-state index contributed by atoms with van der Waals surface area (Å²) in [6, 6.07) is 4.27. The van der Waals surface area contributed by atoms with Crippen molar-refractivity contribution in [2.75, 3.05) is 0 Å². The third-order valence-corrected chi connectivity index (χ3v) is 2.08. The van der Waals surface area contributed by atoms with Gasteiger partial charge in [0.2, 0.25) is 0 Å². The summed E-state index contributed by atoms with van der Waals surface area (Å²) in [7, 11) is 0. The minimum absolute atomic E-state index is 0.986. The van der Waals surface area contributed by atoms with E-state index in [1.165, 1.54) is 10.9 Å². The molecule has 76 valence electrons. The fourth-order valence-corrected chi connectivity index (χ4v) is 1.44. The Morgan fingerprint density at radius 1 is 1.36 bits per heavy atom. The highest BCUT2D eigenvalue weighted by molar-refractivity contribution is 5.76. The quantitative estimate of drug-likeness (QED) is 0.674. The van der Waals surface area contributed by atoms with Crippen LogP contribution in [0.2, 0.25) is 0 Å². The zero-order valence-corrected chi connectivity index (χ0v) is 9.41. The SMILES string of the molecule is CC.CCn1ccc2cc(C)cnc21. The maximum atomic E-state index is 4.37. The van der Waals surface area contributed by atoms with E-state index in [0.29, 0.717) is 0 Å². The van der Waals surface area contributed by atoms with Gasteiger partial charge in [-0.15, -0.1) is 0 Å². The number of hydrogen-bond acceptors (Lipinski definition) is 1. The van der Waals surface area contributed by atoms with Gasteiger partial charge in [-0.3, -0.25) is 0 Å². The standard InChI is InChI=1S/C10H12N2.C2H6/c1-3-12-5-4-9-6-8(2)7-11-10(9)12;1-2/h4-7H,3H2,1-2H3;1-2H3. The van der Waals surface area contributed by atoms with Crippen molar-refractivity contribution in [3.8, 4) is 0 Å². The summed E-state index contributed by atoms with van der Waals surface area (Å²) in [4.78, 5) is 4.37. The summed E-state index contributed by atoms with van der Waals surface area (Å²) < 4.78 is 2.15. The van der Waals surface area contributed by atoms with Gasteiger partial charge in [-0.2, -0.15) is 0 Å². The Balaban J connectivity index is 0.000000461. The molecule has 0 amide bonds. The van der Waals surface area contributed by atoms with Crippen LogP contribution in [-0.2, 0) is 6.54 Å². The maximum absolute atomic E-state index is 4.37. The van der Waals surface area contributed by atoms with E-state index >= 15 is 0 Å². The van der Waals surface area contributed by atoms with Gasteiger partial charge in [0.15, 0.2) is 0 Å². The summed E-state index contributed by atoms with van der Waals surface area (Å²) in [6.07, 6.45) is 3.99. The molecule has 0 radical (unpaired) electrons. The molecule has 14 heavy (non-hydrogen) atoms. The van der Waals surface area contributed by atoms with Gasteiger partial charge < -0.3 is 4.57 Å². The molecule has 2 aromatic heterocycles. The van der Waals surface area contributed by atoms with Crippen molar-refractivity contribution >= 4 is 11.0 Å². The van der Waals surface area contributed by atoms with Gasteiger partial charge in [-0.1, -0.05) is 13.8 Å². The van der Waals surface area contributed by atoms with Crippen LogP contribution in [0.4, 0.5) is 0 Å². The first-order valence-corrected chi connectivity index (χ1v) is 5.22. The van der Waals surface area contributed by atoms with Gasteiger partial charge >= 0.3 is 0 Å². The average Bonchev–Trinajstić information content (AvgIpc) is 2.62. The molecule has 0 aliphatic heterocycles. The zero-order valence-electron chi connectivity index (χ0n) is 9.41. The molecule has 2 heteroatoms. The predicted molar refractivity (Wildman–Crippen MR) is 61.5 cm³/mol. The predicted octanol–water partition coefficient (Wildman–Crippen LogP) is 3.39. The first kappa shape index (κ1) is 10.8. The van der Waals surface area contributed by atoms with Gasteiger partial charge in [0.25, 0.3) is 0 Å². The van der Waals surface area contributed by atoms with E-state index in [2.05, 4.69) is 41.7 Å². The smallest absolute Gasteiger partial charge is 0.139 e. The molecule has 0 aromatic carbocycles. The van der Waals surface area contributed by atoms with Crippen LogP contribution < -0.4 is 0 Å². The molecule has 0 spiro atoms. The van der Waals surface area contributed by atoms with Crippen molar-refractivity contribution in [1.29, 1.82) is 0 Å². The number of aromatic nitrogens is 2. The van der Waals surface area contributed by atoms with Crippen molar-refractivity contribution in [1.82, 2.24) is 9.55 Å². The van der Waals surface area contributed by atoms with Crippen molar-refractivity contribution in [3.63, 3.8) is 0 Å². The fourth-order valence-electron chi connectivity index (χ4n) is 1.44. The first-order valence-electron chi connectivity index (χ1n) is 5.22. The second-order valence-electron chi connectivity index (χ2n) is 3.03. The number of aryl methyl sites for hydroxylation is 2. The molecule has 0 aliphatic rings. The molecular formula is C12H18N2. The Kier molecular flexibility index (Phi) is 3.69. The fraction of sp³-hybridized carbons (Fsp3) is 0.417. The molecule has 0 saturated heterocycles. The van der Waals surface area contributed by atoms with Crippen LogP contribution >= 0.6 is 0 Å². The van der Waals surface area contributed by atoms with Crippen LogP contribution in [0.3, 0.4) is 0 Å². The molecule has 2 aromatic rings. The molecule has 2 rings (SSSR count). The van der Waals surface area contributed by atoms with Crippen molar-refractivity contribution in [3.05, 3.63) is 30.1 Å². The van der Waals surface area contributed by atoms with Crippen LogP contribution in [-0.4, -0.2) is 9.55 Å².